The molecule has 4 aliphatic carbocycles. The van der Waals surface area contributed by atoms with E-state index in [0.29, 0.717) is 47.8 Å². The minimum Gasteiger partial charge on any atom is -0.353 e. The van der Waals surface area contributed by atoms with Gasteiger partial charge >= 0.3 is 0 Å². The van der Waals surface area contributed by atoms with Crippen molar-refractivity contribution in [2.75, 3.05) is 27.2 Å². The molecule has 6 heteroatoms. The van der Waals surface area contributed by atoms with E-state index in [1.807, 2.05) is 14.1 Å². The molecule has 12 atom stereocenters. The summed E-state index contributed by atoms with van der Waals surface area (Å²) in [5.41, 5.74) is -0.0687. The van der Waals surface area contributed by atoms with Crippen molar-refractivity contribution in [2.24, 2.45) is 52.3 Å². The van der Waals surface area contributed by atoms with Gasteiger partial charge in [-0.05, 0) is 94.0 Å². The van der Waals surface area contributed by atoms with Gasteiger partial charge in [-0.2, -0.15) is 0 Å². The lowest BCUT2D eigenvalue weighted by atomic mass is 9.44. The Morgan fingerprint density at radius 1 is 1.05 bits per heavy atom. The SMILES string of the molecule is C[C@@H]1CC[C@@]2(OC1)O[C@H]1C[C@H]3[C@@H]4CC[C@H]5CC(NC(=O)CCN(C)C)CC[C@]5(C)[C@H]4CC(=O)[C@]3(C)[C@H]1[C@@H]2C. The van der Waals surface area contributed by atoms with Crippen LogP contribution < -0.4 is 5.32 Å². The topological polar surface area (TPSA) is 67.9 Å². The average molecular weight is 529 g/mol. The van der Waals surface area contributed by atoms with E-state index in [4.69, 9.17) is 9.47 Å². The zero-order chi connectivity index (χ0) is 27.0. The standard InChI is InChI=1S/C32H52N2O4/c1-19-9-13-32(37-18-19)20(2)29-26(38-32)16-25-23-8-7-21-15-22(33-28(36)11-14-34(5)6)10-12-30(21,3)24(23)17-27(35)31(25,29)4/h19-26,29H,7-18H2,1-6H3,(H,33,36)/t19-,20+,21+,22?,23-,24+,25+,26+,29+,30+,31-,32-/m1/s1. The van der Waals surface area contributed by atoms with Gasteiger partial charge in [0.1, 0.15) is 5.78 Å². The lowest BCUT2D eigenvalue weighted by Gasteiger charge is -2.60. The van der Waals surface area contributed by atoms with Crippen molar-refractivity contribution in [2.45, 2.75) is 110 Å². The summed E-state index contributed by atoms with van der Waals surface area (Å²) in [6.07, 6.45) is 10.3. The maximum Gasteiger partial charge on any atom is 0.221 e. The van der Waals surface area contributed by atoms with Crippen molar-refractivity contribution in [3.63, 3.8) is 0 Å². The summed E-state index contributed by atoms with van der Waals surface area (Å²) in [7, 11) is 4.03. The van der Waals surface area contributed by atoms with Gasteiger partial charge in [0, 0.05) is 49.1 Å². The number of nitrogens with zero attached hydrogens (tertiary/aromatic N) is 1. The van der Waals surface area contributed by atoms with Crippen LogP contribution in [0.3, 0.4) is 0 Å². The quantitative estimate of drug-likeness (QED) is 0.553. The fourth-order valence-corrected chi connectivity index (χ4v) is 10.7. The number of rotatable bonds is 4. The number of ketones is 1. The zero-order valence-electron chi connectivity index (χ0n) is 24.8. The molecule has 6 rings (SSSR count). The normalized spacial score (nSPS) is 51.9. The molecule has 1 N–H and O–H groups in total. The number of carbonyl (C=O) groups is 2. The van der Waals surface area contributed by atoms with E-state index < -0.39 is 5.79 Å². The first kappa shape index (κ1) is 27.2. The summed E-state index contributed by atoms with van der Waals surface area (Å²) in [6, 6.07) is 0.290. The molecule has 1 unspecified atom stereocenters. The van der Waals surface area contributed by atoms with Crippen molar-refractivity contribution < 1.29 is 19.1 Å². The van der Waals surface area contributed by atoms with Gasteiger partial charge < -0.3 is 19.7 Å². The van der Waals surface area contributed by atoms with E-state index >= 15 is 0 Å². The van der Waals surface area contributed by atoms with E-state index in [0.717, 1.165) is 58.1 Å². The average Bonchev–Trinajstić information content (AvgIpc) is 3.32. The summed E-state index contributed by atoms with van der Waals surface area (Å²) >= 11 is 0. The van der Waals surface area contributed by atoms with Crippen LogP contribution in [0.25, 0.3) is 0 Å². The number of hydrogen-bond donors (Lipinski definition) is 1. The van der Waals surface area contributed by atoms with E-state index in [-0.39, 0.29) is 34.7 Å². The number of nitrogens with one attached hydrogen (secondary N) is 1. The van der Waals surface area contributed by atoms with Crippen molar-refractivity contribution >= 4 is 11.7 Å². The third kappa shape index (κ3) is 4.05. The fourth-order valence-electron chi connectivity index (χ4n) is 10.7. The molecule has 0 bridgehead atoms. The maximum absolute atomic E-state index is 14.3. The Balaban J connectivity index is 1.16. The molecular weight excluding hydrogens is 476 g/mol. The van der Waals surface area contributed by atoms with Gasteiger partial charge in [-0.25, -0.2) is 0 Å². The molecule has 2 saturated heterocycles. The molecule has 6 aliphatic rings. The minimum absolute atomic E-state index is 0.162. The van der Waals surface area contributed by atoms with Gasteiger partial charge in [-0.15, -0.1) is 0 Å². The Labute approximate surface area is 230 Å². The monoisotopic (exact) mass is 528 g/mol. The molecule has 1 amide bonds. The van der Waals surface area contributed by atoms with Crippen LogP contribution in [0.5, 0.6) is 0 Å². The molecule has 6 nitrogen and oxygen atoms in total. The lowest BCUT2D eigenvalue weighted by molar-refractivity contribution is -0.272. The number of carbonyl (C=O) groups excluding carboxylic acids is 2. The number of fused-ring (bicyclic) bond motifs is 7. The van der Waals surface area contributed by atoms with Crippen LogP contribution in [0.4, 0.5) is 0 Å². The number of Topliss-reactive ketones (excluding diaryl/α,β-unsaturated/α-hetero) is 1. The first-order valence-electron chi connectivity index (χ1n) is 15.8. The van der Waals surface area contributed by atoms with Crippen LogP contribution in [0.15, 0.2) is 0 Å². The molecular formula is C32H52N2O4. The molecule has 6 fully saturated rings. The highest BCUT2D eigenvalue weighted by atomic mass is 16.7. The lowest BCUT2D eigenvalue weighted by Crippen LogP contribution is -2.59. The molecule has 2 heterocycles. The molecule has 214 valence electrons. The first-order chi connectivity index (χ1) is 18.0. The van der Waals surface area contributed by atoms with Gasteiger partial charge in [0.15, 0.2) is 5.79 Å². The molecule has 4 saturated carbocycles. The second kappa shape index (κ2) is 9.55. The van der Waals surface area contributed by atoms with Crippen LogP contribution in [0.2, 0.25) is 0 Å². The highest BCUT2D eigenvalue weighted by Gasteiger charge is 2.71. The van der Waals surface area contributed by atoms with E-state index in [1.54, 1.807) is 0 Å². The summed E-state index contributed by atoms with van der Waals surface area (Å²) < 4.78 is 13.3. The highest BCUT2D eigenvalue weighted by Crippen LogP contribution is 2.70. The molecule has 2 aliphatic heterocycles. The number of amides is 1. The van der Waals surface area contributed by atoms with Gasteiger partial charge in [-0.3, -0.25) is 9.59 Å². The zero-order valence-corrected chi connectivity index (χ0v) is 24.8. The van der Waals surface area contributed by atoms with Crippen molar-refractivity contribution in [1.29, 1.82) is 0 Å². The Bertz CT molecular complexity index is 944. The summed E-state index contributed by atoms with van der Waals surface area (Å²) in [6.45, 7) is 11.0. The Hall–Kier alpha value is -0.980. The summed E-state index contributed by atoms with van der Waals surface area (Å²) in [4.78, 5) is 28.9. The summed E-state index contributed by atoms with van der Waals surface area (Å²) in [5.74, 6) is 3.52. The molecule has 0 aromatic carbocycles. The number of ether oxygens (including phenoxy) is 2. The van der Waals surface area contributed by atoms with Gasteiger partial charge in [0.2, 0.25) is 5.91 Å². The molecule has 0 aromatic heterocycles. The van der Waals surface area contributed by atoms with Crippen LogP contribution in [0, 0.1) is 52.3 Å². The van der Waals surface area contributed by atoms with Crippen molar-refractivity contribution in [3.8, 4) is 0 Å². The minimum atomic E-state index is -0.466. The Kier molecular flexibility index (Phi) is 6.83. The van der Waals surface area contributed by atoms with E-state index in [9.17, 15) is 9.59 Å². The largest absolute Gasteiger partial charge is 0.353 e. The molecule has 0 aromatic rings. The predicted octanol–water partition coefficient (Wildman–Crippen LogP) is 5.05. The molecule has 0 radical (unpaired) electrons. The fraction of sp³-hybridized carbons (Fsp3) is 0.938. The van der Waals surface area contributed by atoms with Crippen LogP contribution in [-0.2, 0) is 19.1 Å². The second-order valence-electron chi connectivity index (χ2n) is 15.1. The second-order valence-corrected chi connectivity index (χ2v) is 15.1. The van der Waals surface area contributed by atoms with E-state index in [1.165, 1.54) is 12.8 Å². The van der Waals surface area contributed by atoms with Crippen molar-refractivity contribution in [3.05, 3.63) is 0 Å². The Morgan fingerprint density at radius 2 is 1.84 bits per heavy atom. The third-order valence-electron chi connectivity index (χ3n) is 13.0. The molecule has 1 spiro atoms. The predicted molar refractivity (Wildman–Crippen MR) is 147 cm³/mol. The van der Waals surface area contributed by atoms with Crippen LogP contribution in [-0.4, -0.2) is 61.8 Å². The Morgan fingerprint density at radius 3 is 2.55 bits per heavy atom. The van der Waals surface area contributed by atoms with E-state index in [2.05, 4.69) is 37.9 Å². The van der Waals surface area contributed by atoms with Gasteiger partial charge in [0.25, 0.3) is 0 Å². The van der Waals surface area contributed by atoms with Crippen molar-refractivity contribution in [1.82, 2.24) is 10.2 Å². The third-order valence-corrected chi connectivity index (χ3v) is 13.0. The highest BCUT2D eigenvalue weighted by molar-refractivity contribution is 5.87. The smallest absolute Gasteiger partial charge is 0.221 e. The van der Waals surface area contributed by atoms with Gasteiger partial charge in [0.05, 0.1) is 12.7 Å². The van der Waals surface area contributed by atoms with Crippen LogP contribution in [0.1, 0.15) is 91.9 Å². The maximum atomic E-state index is 14.3. The van der Waals surface area contributed by atoms with Crippen LogP contribution >= 0.6 is 0 Å². The molecule has 38 heavy (non-hydrogen) atoms. The summed E-state index contributed by atoms with van der Waals surface area (Å²) in [5, 5.41) is 3.35. The number of hydrogen-bond acceptors (Lipinski definition) is 5. The van der Waals surface area contributed by atoms with Gasteiger partial charge in [-0.1, -0.05) is 27.7 Å². The first-order valence-corrected chi connectivity index (χ1v) is 15.8.